The molecule has 1 aromatic heterocycles. The third-order valence-electron chi connectivity index (χ3n) is 3.58. The highest BCUT2D eigenvalue weighted by atomic mass is 16.5. The summed E-state index contributed by atoms with van der Waals surface area (Å²) in [5.41, 5.74) is 2.83. The van der Waals surface area contributed by atoms with Gasteiger partial charge in [0, 0.05) is 6.20 Å². The number of rotatable bonds is 6. The minimum atomic E-state index is -0.249. The van der Waals surface area contributed by atoms with Gasteiger partial charge in [0.2, 0.25) is 0 Å². The van der Waals surface area contributed by atoms with Gasteiger partial charge in [0.1, 0.15) is 0 Å². The SMILES string of the molecule is COc1cc(C)c(C(C)NC(=O)NCc2ccn[nH]2)cc1OC. The van der Waals surface area contributed by atoms with Crippen LogP contribution in [0, 0.1) is 6.92 Å². The van der Waals surface area contributed by atoms with Gasteiger partial charge < -0.3 is 20.1 Å². The number of H-pyrrole nitrogens is 1. The standard InChI is InChI=1S/C16H22N4O3/c1-10-7-14(22-3)15(23-4)8-13(10)11(2)19-16(21)17-9-12-5-6-18-20-12/h5-8,11H,9H2,1-4H3,(H,18,20)(H2,17,19,21). The Kier molecular flexibility index (Phi) is 5.46. The molecule has 1 aromatic carbocycles. The van der Waals surface area contributed by atoms with Gasteiger partial charge in [-0.1, -0.05) is 0 Å². The number of nitrogens with one attached hydrogen (secondary N) is 3. The second-order valence-corrected chi connectivity index (χ2v) is 5.19. The Balaban J connectivity index is 2.02. The van der Waals surface area contributed by atoms with Gasteiger partial charge in [-0.05, 0) is 43.2 Å². The molecule has 7 heteroatoms. The fourth-order valence-electron chi connectivity index (χ4n) is 2.35. The van der Waals surface area contributed by atoms with Crippen LogP contribution in [0.2, 0.25) is 0 Å². The molecule has 0 aliphatic carbocycles. The van der Waals surface area contributed by atoms with Crippen LogP contribution in [0.4, 0.5) is 4.79 Å². The first-order chi connectivity index (χ1) is 11.0. The number of benzene rings is 1. The second-order valence-electron chi connectivity index (χ2n) is 5.19. The van der Waals surface area contributed by atoms with Gasteiger partial charge in [-0.25, -0.2) is 4.79 Å². The number of urea groups is 1. The first kappa shape index (κ1) is 16.7. The molecule has 1 atom stereocenters. The molecule has 0 aliphatic rings. The van der Waals surface area contributed by atoms with Gasteiger partial charge in [0.25, 0.3) is 0 Å². The molecular formula is C16H22N4O3. The molecule has 3 N–H and O–H groups in total. The van der Waals surface area contributed by atoms with Crippen LogP contribution in [0.1, 0.15) is 29.8 Å². The fourth-order valence-corrected chi connectivity index (χ4v) is 2.35. The Labute approximate surface area is 135 Å². The molecule has 23 heavy (non-hydrogen) atoms. The summed E-state index contributed by atoms with van der Waals surface area (Å²) >= 11 is 0. The van der Waals surface area contributed by atoms with Crippen molar-refractivity contribution in [1.29, 1.82) is 0 Å². The summed E-state index contributed by atoms with van der Waals surface area (Å²) < 4.78 is 10.6. The molecule has 2 amide bonds. The molecule has 124 valence electrons. The lowest BCUT2D eigenvalue weighted by atomic mass is 10.0. The zero-order valence-electron chi connectivity index (χ0n) is 13.8. The first-order valence-corrected chi connectivity index (χ1v) is 7.30. The smallest absolute Gasteiger partial charge is 0.315 e. The normalized spacial score (nSPS) is 11.7. The quantitative estimate of drug-likeness (QED) is 0.762. The van der Waals surface area contributed by atoms with Gasteiger partial charge in [0.15, 0.2) is 11.5 Å². The summed E-state index contributed by atoms with van der Waals surface area (Å²) in [5.74, 6) is 1.31. The van der Waals surface area contributed by atoms with E-state index in [1.807, 2.05) is 32.0 Å². The van der Waals surface area contributed by atoms with E-state index < -0.39 is 0 Å². The average Bonchev–Trinajstić information content (AvgIpc) is 3.05. The van der Waals surface area contributed by atoms with Crippen molar-refractivity contribution in [2.24, 2.45) is 0 Å². The van der Waals surface area contributed by atoms with Crippen molar-refractivity contribution in [1.82, 2.24) is 20.8 Å². The Hall–Kier alpha value is -2.70. The molecule has 0 radical (unpaired) electrons. The van der Waals surface area contributed by atoms with Gasteiger partial charge in [0.05, 0.1) is 32.5 Å². The van der Waals surface area contributed by atoms with Crippen LogP contribution in [0.15, 0.2) is 24.4 Å². The molecule has 2 rings (SSSR count). The number of methoxy groups -OCH3 is 2. The largest absolute Gasteiger partial charge is 0.493 e. The van der Waals surface area contributed by atoms with E-state index >= 15 is 0 Å². The van der Waals surface area contributed by atoms with Crippen molar-refractivity contribution in [3.05, 3.63) is 41.2 Å². The number of aromatic amines is 1. The van der Waals surface area contributed by atoms with E-state index in [1.165, 1.54) is 0 Å². The number of aryl methyl sites for hydroxylation is 1. The van der Waals surface area contributed by atoms with E-state index in [1.54, 1.807) is 20.4 Å². The maximum atomic E-state index is 12.0. The van der Waals surface area contributed by atoms with Crippen molar-refractivity contribution in [2.75, 3.05) is 14.2 Å². The van der Waals surface area contributed by atoms with Crippen molar-refractivity contribution < 1.29 is 14.3 Å². The van der Waals surface area contributed by atoms with Crippen molar-refractivity contribution in [2.45, 2.75) is 26.4 Å². The number of carbonyl (C=O) groups excluding carboxylic acids is 1. The van der Waals surface area contributed by atoms with Crippen LogP contribution in [-0.4, -0.2) is 30.4 Å². The molecule has 2 aromatic rings. The Bertz CT molecular complexity index is 656. The minimum Gasteiger partial charge on any atom is -0.493 e. The number of aromatic nitrogens is 2. The van der Waals surface area contributed by atoms with Gasteiger partial charge >= 0.3 is 6.03 Å². The molecule has 1 unspecified atom stereocenters. The molecular weight excluding hydrogens is 296 g/mol. The van der Waals surface area contributed by atoms with Crippen LogP contribution >= 0.6 is 0 Å². The summed E-state index contributed by atoms with van der Waals surface area (Å²) in [4.78, 5) is 12.0. The monoisotopic (exact) mass is 318 g/mol. The van der Waals surface area contributed by atoms with E-state index in [4.69, 9.17) is 9.47 Å². The number of carbonyl (C=O) groups is 1. The number of amides is 2. The summed E-state index contributed by atoms with van der Waals surface area (Å²) in [5, 5.41) is 12.3. The third-order valence-corrected chi connectivity index (χ3v) is 3.58. The highest BCUT2D eigenvalue weighted by Gasteiger charge is 2.15. The number of hydrogen-bond donors (Lipinski definition) is 3. The van der Waals surface area contributed by atoms with E-state index in [0.29, 0.717) is 18.0 Å². The van der Waals surface area contributed by atoms with E-state index in [-0.39, 0.29) is 12.1 Å². The molecule has 0 saturated heterocycles. The van der Waals surface area contributed by atoms with E-state index in [9.17, 15) is 4.79 Å². The topological polar surface area (TPSA) is 88.3 Å². The Morgan fingerprint density at radius 1 is 1.30 bits per heavy atom. The van der Waals surface area contributed by atoms with Crippen molar-refractivity contribution in [3.8, 4) is 11.5 Å². The Morgan fingerprint density at radius 2 is 2.00 bits per heavy atom. The van der Waals surface area contributed by atoms with E-state index in [0.717, 1.165) is 16.8 Å². The fraction of sp³-hybridized carbons (Fsp3) is 0.375. The van der Waals surface area contributed by atoms with E-state index in [2.05, 4.69) is 20.8 Å². The maximum Gasteiger partial charge on any atom is 0.315 e. The maximum absolute atomic E-state index is 12.0. The lowest BCUT2D eigenvalue weighted by Crippen LogP contribution is -2.36. The predicted molar refractivity (Wildman–Crippen MR) is 86.7 cm³/mol. The molecule has 0 saturated carbocycles. The van der Waals surface area contributed by atoms with Crippen molar-refractivity contribution >= 4 is 6.03 Å². The zero-order chi connectivity index (χ0) is 16.8. The highest BCUT2D eigenvalue weighted by Crippen LogP contribution is 2.32. The summed E-state index contributed by atoms with van der Waals surface area (Å²) in [7, 11) is 3.19. The minimum absolute atomic E-state index is 0.170. The van der Waals surface area contributed by atoms with Gasteiger partial charge in [-0.15, -0.1) is 0 Å². The summed E-state index contributed by atoms with van der Waals surface area (Å²) in [6.45, 7) is 4.28. The van der Waals surface area contributed by atoms with Crippen LogP contribution in [0.3, 0.4) is 0 Å². The lowest BCUT2D eigenvalue weighted by molar-refractivity contribution is 0.237. The molecule has 0 spiro atoms. The lowest BCUT2D eigenvalue weighted by Gasteiger charge is -2.19. The summed E-state index contributed by atoms with van der Waals surface area (Å²) in [6.07, 6.45) is 1.64. The molecule has 0 aliphatic heterocycles. The Morgan fingerprint density at radius 3 is 2.61 bits per heavy atom. The van der Waals surface area contributed by atoms with Gasteiger partial charge in [-0.2, -0.15) is 5.10 Å². The third kappa shape index (κ3) is 4.15. The van der Waals surface area contributed by atoms with Crippen LogP contribution in [-0.2, 0) is 6.54 Å². The van der Waals surface area contributed by atoms with Crippen LogP contribution in [0.25, 0.3) is 0 Å². The summed E-state index contributed by atoms with van der Waals surface area (Å²) in [6, 6.07) is 5.17. The first-order valence-electron chi connectivity index (χ1n) is 7.30. The zero-order valence-corrected chi connectivity index (χ0v) is 13.8. The van der Waals surface area contributed by atoms with Crippen molar-refractivity contribution in [3.63, 3.8) is 0 Å². The number of hydrogen-bond acceptors (Lipinski definition) is 4. The second kappa shape index (κ2) is 7.53. The van der Waals surface area contributed by atoms with Crippen LogP contribution in [0.5, 0.6) is 11.5 Å². The predicted octanol–water partition coefficient (Wildman–Crippen LogP) is 2.30. The average molecular weight is 318 g/mol. The van der Waals surface area contributed by atoms with Gasteiger partial charge in [-0.3, -0.25) is 5.10 Å². The molecule has 0 bridgehead atoms. The molecule has 7 nitrogen and oxygen atoms in total. The van der Waals surface area contributed by atoms with Crippen LogP contribution < -0.4 is 20.1 Å². The number of ether oxygens (including phenoxy) is 2. The molecule has 0 fully saturated rings. The highest BCUT2D eigenvalue weighted by molar-refractivity contribution is 5.74. The molecule has 1 heterocycles. The number of nitrogens with zero attached hydrogens (tertiary/aromatic N) is 1.